The molecule has 0 amide bonds. The van der Waals surface area contributed by atoms with Gasteiger partial charge >= 0.3 is 5.69 Å². The molecular weight excluding hydrogens is 271 g/mol. The van der Waals surface area contributed by atoms with Gasteiger partial charge in [0, 0.05) is 11.9 Å². The van der Waals surface area contributed by atoms with Gasteiger partial charge in [-0.05, 0) is 18.2 Å². The Labute approximate surface area is 112 Å². The Bertz CT molecular complexity index is 623. The molecule has 1 aromatic heterocycles. The lowest BCUT2D eigenvalue weighted by atomic mass is 10.4. The van der Waals surface area contributed by atoms with Crippen molar-refractivity contribution in [2.45, 2.75) is 9.92 Å². The van der Waals surface area contributed by atoms with E-state index in [0.717, 1.165) is 18.0 Å². The van der Waals surface area contributed by atoms with E-state index in [1.165, 1.54) is 18.2 Å². The van der Waals surface area contributed by atoms with E-state index in [9.17, 15) is 14.5 Å². The van der Waals surface area contributed by atoms with Crippen LogP contribution in [0.25, 0.3) is 0 Å². The van der Waals surface area contributed by atoms with Gasteiger partial charge in [0.15, 0.2) is 5.03 Å². The Balaban J connectivity index is 2.39. The number of hydrogen-bond acceptors (Lipinski definition) is 6. The van der Waals surface area contributed by atoms with Gasteiger partial charge < -0.3 is 5.32 Å². The van der Waals surface area contributed by atoms with Crippen molar-refractivity contribution in [3.63, 3.8) is 0 Å². The van der Waals surface area contributed by atoms with Crippen LogP contribution in [0.1, 0.15) is 0 Å². The third-order valence-electron chi connectivity index (χ3n) is 2.17. The molecular formula is C11H9FN4O2S. The van der Waals surface area contributed by atoms with Crippen molar-refractivity contribution >= 4 is 23.4 Å². The van der Waals surface area contributed by atoms with Crippen LogP contribution in [0.2, 0.25) is 0 Å². The van der Waals surface area contributed by atoms with E-state index in [1.807, 2.05) is 0 Å². The average molecular weight is 280 g/mol. The first-order chi connectivity index (χ1) is 9.10. The molecule has 0 saturated heterocycles. The topological polar surface area (TPSA) is 81.0 Å². The van der Waals surface area contributed by atoms with Gasteiger partial charge in [-0.2, -0.15) is 4.98 Å². The molecule has 0 aliphatic rings. The monoisotopic (exact) mass is 280 g/mol. The van der Waals surface area contributed by atoms with E-state index in [1.54, 1.807) is 13.1 Å². The molecule has 0 unspecified atom stereocenters. The SMILES string of the molecule is CNc1ncc([N+](=O)[O-])c(Sc2cccc(F)c2)n1. The number of anilines is 1. The molecule has 2 rings (SSSR count). The Hall–Kier alpha value is -2.22. The lowest BCUT2D eigenvalue weighted by Gasteiger charge is -2.04. The minimum absolute atomic E-state index is 0.162. The summed E-state index contributed by atoms with van der Waals surface area (Å²) in [5.74, 6) is -0.139. The molecule has 98 valence electrons. The summed E-state index contributed by atoms with van der Waals surface area (Å²) >= 11 is 1.01. The average Bonchev–Trinajstić information content (AvgIpc) is 2.38. The molecule has 0 spiro atoms. The molecule has 6 nitrogen and oxygen atoms in total. The Morgan fingerprint density at radius 1 is 1.47 bits per heavy atom. The normalized spacial score (nSPS) is 10.2. The van der Waals surface area contributed by atoms with Gasteiger partial charge in [0.1, 0.15) is 12.0 Å². The maximum absolute atomic E-state index is 13.1. The molecule has 0 atom stereocenters. The molecule has 0 fully saturated rings. The van der Waals surface area contributed by atoms with E-state index >= 15 is 0 Å². The number of benzene rings is 1. The Morgan fingerprint density at radius 3 is 2.89 bits per heavy atom. The number of halogens is 1. The number of nitrogens with zero attached hydrogens (tertiary/aromatic N) is 3. The molecule has 0 radical (unpaired) electrons. The second-order valence-electron chi connectivity index (χ2n) is 3.45. The van der Waals surface area contributed by atoms with Crippen LogP contribution in [-0.2, 0) is 0 Å². The first-order valence-electron chi connectivity index (χ1n) is 5.23. The van der Waals surface area contributed by atoms with Gasteiger partial charge in [0.2, 0.25) is 5.95 Å². The first kappa shape index (κ1) is 13.2. The maximum atomic E-state index is 13.1. The summed E-state index contributed by atoms with van der Waals surface area (Å²) in [6.45, 7) is 0. The zero-order valence-electron chi connectivity index (χ0n) is 9.83. The van der Waals surface area contributed by atoms with E-state index in [4.69, 9.17) is 0 Å². The fraction of sp³-hybridized carbons (Fsp3) is 0.0909. The summed E-state index contributed by atoms with van der Waals surface area (Å²) in [7, 11) is 1.61. The van der Waals surface area contributed by atoms with E-state index < -0.39 is 10.7 Å². The van der Waals surface area contributed by atoms with Crippen LogP contribution in [0.15, 0.2) is 40.4 Å². The number of rotatable bonds is 4. The van der Waals surface area contributed by atoms with Crippen LogP contribution < -0.4 is 5.32 Å². The second kappa shape index (κ2) is 5.61. The highest BCUT2D eigenvalue weighted by Crippen LogP contribution is 2.33. The summed E-state index contributed by atoms with van der Waals surface area (Å²) in [5.41, 5.74) is -0.215. The zero-order chi connectivity index (χ0) is 13.8. The van der Waals surface area contributed by atoms with Crippen molar-refractivity contribution in [3.8, 4) is 0 Å². The summed E-state index contributed by atoms with van der Waals surface area (Å²) in [4.78, 5) is 18.7. The fourth-order valence-corrected chi connectivity index (χ4v) is 2.23. The highest BCUT2D eigenvalue weighted by atomic mass is 32.2. The molecule has 0 saturated carbocycles. The highest BCUT2D eigenvalue weighted by Gasteiger charge is 2.18. The molecule has 0 aliphatic heterocycles. The lowest BCUT2D eigenvalue weighted by Crippen LogP contribution is -2.00. The van der Waals surface area contributed by atoms with Crippen molar-refractivity contribution in [2.75, 3.05) is 12.4 Å². The van der Waals surface area contributed by atoms with Crippen molar-refractivity contribution in [2.24, 2.45) is 0 Å². The predicted molar refractivity (Wildman–Crippen MR) is 68.8 cm³/mol. The van der Waals surface area contributed by atoms with Crippen LogP contribution in [0.4, 0.5) is 16.0 Å². The summed E-state index contributed by atoms with van der Waals surface area (Å²) in [5, 5.41) is 13.8. The first-order valence-corrected chi connectivity index (χ1v) is 6.04. The van der Waals surface area contributed by atoms with Crippen LogP contribution >= 0.6 is 11.8 Å². The fourth-order valence-electron chi connectivity index (χ4n) is 1.32. The molecule has 0 bridgehead atoms. The van der Waals surface area contributed by atoms with Gasteiger partial charge in [0.25, 0.3) is 0 Å². The maximum Gasteiger partial charge on any atom is 0.320 e. The molecule has 8 heteroatoms. The van der Waals surface area contributed by atoms with E-state index in [-0.39, 0.29) is 16.7 Å². The quantitative estimate of drug-likeness (QED) is 0.527. The van der Waals surface area contributed by atoms with Crippen molar-refractivity contribution in [3.05, 3.63) is 46.4 Å². The summed E-state index contributed by atoms with van der Waals surface area (Å²) in [6, 6.07) is 5.77. The molecule has 0 aliphatic carbocycles. The van der Waals surface area contributed by atoms with Crippen LogP contribution in [0, 0.1) is 15.9 Å². The van der Waals surface area contributed by atoms with Gasteiger partial charge in [0.05, 0.1) is 4.92 Å². The Kier molecular flexibility index (Phi) is 3.91. The third-order valence-corrected chi connectivity index (χ3v) is 3.15. The van der Waals surface area contributed by atoms with Crippen molar-refractivity contribution in [1.29, 1.82) is 0 Å². The van der Waals surface area contributed by atoms with Crippen LogP contribution in [0.5, 0.6) is 0 Å². The summed E-state index contributed by atoms with van der Waals surface area (Å²) in [6.07, 6.45) is 1.13. The minimum atomic E-state index is -0.568. The zero-order valence-corrected chi connectivity index (χ0v) is 10.6. The molecule has 1 aromatic carbocycles. The van der Waals surface area contributed by atoms with Crippen molar-refractivity contribution in [1.82, 2.24) is 9.97 Å². The van der Waals surface area contributed by atoms with E-state index in [0.29, 0.717) is 4.90 Å². The number of aromatic nitrogens is 2. The lowest BCUT2D eigenvalue weighted by molar-refractivity contribution is -0.388. The van der Waals surface area contributed by atoms with Crippen LogP contribution in [-0.4, -0.2) is 21.9 Å². The van der Waals surface area contributed by atoms with Crippen molar-refractivity contribution < 1.29 is 9.31 Å². The minimum Gasteiger partial charge on any atom is -0.357 e. The van der Waals surface area contributed by atoms with Gasteiger partial charge in [-0.15, -0.1) is 0 Å². The number of nitro groups is 1. The molecule has 19 heavy (non-hydrogen) atoms. The number of nitrogens with one attached hydrogen (secondary N) is 1. The van der Waals surface area contributed by atoms with Gasteiger partial charge in [-0.3, -0.25) is 10.1 Å². The predicted octanol–water partition coefficient (Wildman–Crippen LogP) is 2.72. The largest absolute Gasteiger partial charge is 0.357 e. The molecule has 1 heterocycles. The Morgan fingerprint density at radius 2 is 2.26 bits per heavy atom. The van der Waals surface area contributed by atoms with Gasteiger partial charge in [-0.25, -0.2) is 9.37 Å². The molecule has 1 N–H and O–H groups in total. The third kappa shape index (κ3) is 3.16. The van der Waals surface area contributed by atoms with Crippen LogP contribution in [0.3, 0.4) is 0 Å². The highest BCUT2D eigenvalue weighted by molar-refractivity contribution is 7.99. The van der Waals surface area contributed by atoms with Gasteiger partial charge in [-0.1, -0.05) is 17.8 Å². The summed E-state index contributed by atoms with van der Waals surface area (Å²) < 4.78 is 13.1. The number of hydrogen-bond donors (Lipinski definition) is 1. The smallest absolute Gasteiger partial charge is 0.320 e. The molecule has 2 aromatic rings. The second-order valence-corrected chi connectivity index (χ2v) is 4.51. The standard InChI is InChI=1S/C11H9FN4O2S/c1-13-11-14-6-9(16(17)18)10(15-11)19-8-4-2-3-7(12)5-8/h2-6H,1H3,(H,13,14,15). The van der Waals surface area contributed by atoms with E-state index in [2.05, 4.69) is 15.3 Å².